The Bertz CT molecular complexity index is 785. The monoisotopic (exact) mass is 451 g/mol. The van der Waals surface area contributed by atoms with E-state index < -0.39 is 47.9 Å². The van der Waals surface area contributed by atoms with Crippen molar-refractivity contribution in [1.82, 2.24) is 16.0 Å². The van der Waals surface area contributed by atoms with Gasteiger partial charge in [0.05, 0.1) is 6.04 Å². The number of aromatic hydroxyl groups is 1. The van der Waals surface area contributed by atoms with Crippen LogP contribution in [0.25, 0.3) is 0 Å². The number of carbonyl (C=O) groups is 4. The van der Waals surface area contributed by atoms with Crippen molar-refractivity contribution < 1.29 is 29.4 Å². The van der Waals surface area contributed by atoms with Gasteiger partial charge in [0.25, 0.3) is 0 Å². The van der Waals surface area contributed by atoms with Crippen molar-refractivity contribution in [3.63, 3.8) is 0 Å². The van der Waals surface area contributed by atoms with Gasteiger partial charge in [-0.3, -0.25) is 19.2 Å². The molecular weight excluding hydrogens is 418 g/mol. The van der Waals surface area contributed by atoms with Crippen LogP contribution in [0.15, 0.2) is 24.3 Å². The zero-order valence-corrected chi connectivity index (χ0v) is 18.3. The molecule has 178 valence electrons. The van der Waals surface area contributed by atoms with Crippen molar-refractivity contribution in [2.45, 2.75) is 63.7 Å². The molecule has 11 nitrogen and oxygen atoms in total. The number of carboxylic acid groups (broad SMARTS) is 1. The molecule has 0 radical (unpaired) electrons. The second kappa shape index (κ2) is 13.3. The molecule has 32 heavy (non-hydrogen) atoms. The van der Waals surface area contributed by atoms with E-state index in [4.69, 9.17) is 16.6 Å². The molecule has 1 rings (SSSR count). The van der Waals surface area contributed by atoms with Crippen LogP contribution in [0.3, 0.4) is 0 Å². The Morgan fingerprint density at radius 2 is 1.50 bits per heavy atom. The SMILES string of the molecule is CC(NC(=O)C(Cc1ccc(O)cc1)NC(=O)C(C)NC(=O)C(N)CCCCN)C(=O)O. The summed E-state index contributed by atoms with van der Waals surface area (Å²) in [6.07, 6.45) is 1.89. The van der Waals surface area contributed by atoms with Crippen LogP contribution in [0.4, 0.5) is 0 Å². The van der Waals surface area contributed by atoms with E-state index in [1.807, 2.05) is 0 Å². The Morgan fingerprint density at radius 3 is 2.06 bits per heavy atom. The number of phenols is 1. The molecule has 4 unspecified atom stereocenters. The fourth-order valence-electron chi connectivity index (χ4n) is 2.78. The van der Waals surface area contributed by atoms with Crippen LogP contribution < -0.4 is 27.4 Å². The summed E-state index contributed by atoms with van der Waals surface area (Å²) in [4.78, 5) is 48.5. The van der Waals surface area contributed by atoms with Crippen molar-refractivity contribution in [1.29, 1.82) is 0 Å². The molecule has 0 saturated carbocycles. The van der Waals surface area contributed by atoms with Gasteiger partial charge in [0, 0.05) is 6.42 Å². The van der Waals surface area contributed by atoms with Gasteiger partial charge < -0.3 is 37.6 Å². The molecule has 0 spiro atoms. The number of nitrogens with two attached hydrogens (primary N) is 2. The smallest absolute Gasteiger partial charge is 0.325 e. The van der Waals surface area contributed by atoms with Crippen LogP contribution in [0.1, 0.15) is 38.7 Å². The van der Waals surface area contributed by atoms with E-state index in [9.17, 15) is 24.3 Å². The van der Waals surface area contributed by atoms with Gasteiger partial charge in [-0.05, 0) is 50.9 Å². The first-order valence-corrected chi connectivity index (χ1v) is 10.4. The second-order valence-corrected chi connectivity index (χ2v) is 7.62. The van der Waals surface area contributed by atoms with Crippen molar-refractivity contribution >= 4 is 23.7 Å². The van der Waals surface area contributed by atoms with E-state index in [1.165, 1.54) is 26.0 Å². The molecule has 11 heteroatoms. The summed E-state index contributed by atoms with van der Waals surface area (Å²) in [6.45, 7) is 3.25. The van der Waals surface area contributed by atoms with E-state index in [1.54, 1.807) is 12.1 Å². The molecule has 0 aliphatic rings. The average Bonchev–Trinajstić information content (AvgIpc) is 2.74. The maximum absolute atomic E-state index is 12.6. The highest BCUT2D eigenvalue weighted by molar-refractivity contribution is 5.93. The number of carbonyl (C=O) groups excluding carboxylic acids is 3. The lowest BCUT2D eigenvalue weighted by molar-refractivity contribution is -0.141. The Morgan fingerprint density at radius 1 is 0.906 bits per heavy atom. The number of hydrogen-bond acceptors (Lipinski definition) is 7. The zero-order chi connectivity index (χ0) is 24.3. The molecule has 0 aliphatic heterocycles. The van der Waals surface area contributed by atoms with Gasteiger partial charge in [-0.2, -0.15) is 0 Å². The van der Waals surface area contributed by atoms with Crippen LogP contribution in [-0.2, 0) is 25.6 Å². The van der Waals surface area contributed by atoms with Crippen LogP contribution in [0, 0.1) is 0 Å². The number of carboxylic acids is 1. The lowest BCUT2D eigenvalue weighted by Crippen LogP contribution is -2.56. The highest BCUT2D eigenvalue weighted by Crippen LogP contribution is 2.12. The minimum absolute atomic E-state index is 0.0393. The van der Waals surface area contributed by atoms with Crippen molar-refractivity contribution in [2.24, 2.45) is 11.5 Å². The number of nitrogens with one attached hydrogen (secondary N) is 3. The van der Waals surface area contributed by atoms with Gasteiger partial charge in [-0.1, -0.05) is 18.6 Å². The number of unbranched alkanes of at least 4 members (excludes halogenated alkanes) is 1. The number of rotatable bonds is 13. The molecule has 0 fully saturated rings. The zero-order valence-electron chi connectivity index (χ0n) is 18.3. The fraction of sp³-hybridized carbons (Fsp3) is 0.524. The average molecular weight is 452 g/mol. The van der Waals surface area contributed by atoms with E-state index in [0.29, 0.717) is 24.9 Å². The summed E-state index contributed by atoms with van der Waals surface area (Å²) in [5.74, 6) is -3.01. The molecule has 1 aromatic carbocycles. The first kappa shape index (κ1) is 26.9. The minimum atomic E-state index is -1.22. The van der Waals surface area contributed by atoms with E-state index in [2.05, 4.69) is 16.0 Å². The molecule has 0 aliphatic carbocycles. The molecule has 3 amide bonds. The van der Waals surface area contributed by atoms with Crippen LogP contribution >= 0.6 is 0 Å². The molecular formula is C21H33N5O6. The molecule has 0 bridgehead atoms. The lowest BCUT2D eigenvalue weighted by Gasteiger charge is -2.23. The number of hydrogen-bond donors (Lipinski definition) is 7. The molecule has 0 saturated heterocycles. The predicted octanol–water partition coefficient (Wildman–Crippen LogP) is -1.03. The van der Waals surface area contributed by atoms with Gasteiger partial charge in [0.1, 0.15) is 23.9 Å². The van der Waals surface area contributed by atoms with Crippen molar-refractivity contribution in [2.75, 3.05) is 6.54 Å². The quantitative estimate of drug-likeness (QED) is 0.185. The molecule has 0 aromatic heterocycles. The predicted molar refractivity (Wildman–Crippen MR) is 117 cm³/mol. The Hall–Kier alpha value is -3.18. The first-order chi connectivity index (χ1) is 15.0. The summed E-state index contributed by atoms with van der Waals surface area (Å²) in [7, 11) is 0. The van der Waals surface area contributed by atoms with Crippen LogP contribution in [-0.4, -0.2) is 64.6 Å². The molecule has 0 heterocycles. The number of amides is 3. The van der Waals surface area contributed by atoms with Gasteiger partial charge in [0.2, 0.25) is 17.7 Å². The maximum Gasteiger partial charge on any atom is 0.325 e. The number of phenolic OH excluding ortho intramolecular Hbond substituents is 1. The van der Waals surface area contributed by atoms with E-state index in [0.717, 1.165) is 6.42 Å². The lowest BCUT2D eigenvalue weighted by atomic mass is 10.0. The normalized spacial score (nSPS) is 14.5. The molecule has 9 N–H and O–H groups in total. The van der Waals surface area contributed by atoms with Gasteiger partial charge in [-0.15, -0.1) is 0 Å². The second-order valence-electron chi connectivity index (χ2n) is 7.62. The van der Waals surface area contributed by atoms with Crippen LogP contribution in [0.5, 0.6) is 5.75 Å². The van der Waals surface area contributed by atoms with Crippen LogP contribution in [0.2, 0.25) is 0 Å². The van der Waals surface area contributed by atoms with Gasteiger partial charge in [-0.25, -0.2) is 0 Å². The summed E-state index contributed by atoms with van der Waals surface area (Å²) in [5, 5.41) is 25.8. The number of aliphatic carboxylic acids is 1. The van der Waals surface area contributed by atoms with E-state index in [-0.39, 0.29) is 12.2 Å². The standard InChI is InChI=1S/C21H33N5O6/c1-12(24-19(29)16(23)5-3-4-10-22)18(28)26-17(20(30)25-13(2)21(31)32)11-14-6-8-15(27)9-7-14/h6-9,12-13,16-17,27H,3-5,10-11,22-23H2,1-2H3,(H,24,29)(H,25,30)(H,26,28)(H,31,32). The van der Waals surface area contributed by atoms with Crippen molar-refractivity contribution in [3.8, 4) is 5.75 Å². The van der Waals surface area contributed by atoms with E-state index >= 15 is 0 Å². The number of benzene rings is 1. The maximum atomic E-state index is 12.6. The third-order valence-corrected chi connectivity index (χ3v) is 4.80. The third-order valence-electron chi connectivity index (χ3n) is 4.80. The molecule has 1 aromatic rings. The summed E-state index contributed by atoms with van der Waals surface area (Å²) in [6, 6.07) is 1.99. The summed E-state index contributed by atoms with van der Waals surface area (Å²) >= 11 is 0. The summed E-state index contributed by atoms with van der Waals surface area (Å²) in [5.41, 5.74) is 11.9. The Balaban J connectivity index is 2.81. The topological polar surface area (TPSA) is 197 Å². The fourth-order valence-corrected chi connectivity index (χ4v) is 2.78. The van der Waals surface area contributed by atoms with Crippen molar-refractivity contribution in [3.05, 3.63) is 29.8 Å². The molecule has 4 atom stereocenters. The first-order valence-electron chi connectivity index (χ1n) is 10.4. The largest absolute Gasteiger partial charge is 0.508 e. The summed E-state index contributed by atoms with van der Waals surface area (Å²) < 4.78 is 0. The Labute approximate surface area is 186 Å². The highest BCUT2D eigenvalue weighted by atomic mass is 16.4. The van der Waals surface area contributed by atoms with Gasteiger partial charge in [0.15, 0.2) is 0 Å². The Kier molecular flexibility index (Phi) is 11.1. The van der Waals surface area contributed by atoms with Gasteiger partial charge >= 0.3 is 5.97 Å². The highest BCUT2D eigenvalue weighted by Gasteiger charge is 2.27. The minimum Gasteiger partial charge on any atom is -0.508 e. The third kappa shape index (κ3) is 9.31.